The number of aromatic nitrogens is 2. The highest BCUT2D eigenvalue weighted by atomic mass is 35.5. The van der Waals surface area contributed by atoms with Crippen LogP contribution in [0.4, 0.5) is 5.95 Å². The lowest BCUT2D eigenvalue weighted by atomic mass is 10.3. The second kappa shape index (κ2) is 4.77. The lowest BCUT2D eigenvalue weighted by Crippen LogP contribution is -2.27. The predicted octanol–water partition coefficient (Wildman–Crippen LogP) is 1.05. The van der Waals surface area contributed by atoms with Crippen LogP contribution in [0.3, 0.4) is 0 Å². The van der Waals surface area contributed by atoms with Gasteiger partial charge in [0.25, 0.3) is 0 Å². The quantitative estimate of drug-likeness (QED) is 0.781. The molecule has 4 nitrogen and oxygen atoms in total. The van der Waals surface area contributed by atoms with E-state index >= 15 is 0 Å². The summed E-state index contributed by atoms with van der Waals surface area (Å²) < 4.78 is 0. The van der Waals surface area contributed by atoms with Crippen molar-refractivity contribution in [2.75, 3.05) is 18.0 Å². The van der Waals surface area contributed by atoms with Gasteiger partial charge in [-0.25, -0.2) is 9.97 Å². The van der Waals surface area contributed by atoms with Gasteiger partial charge in [-0.3, -0.25) is 0 Å². The van der Waals surface area contributed by atoms with Crippen molar-refractivity contribution in [2.24, 2.45) is 5.73 Å². The number of rotatable bonds is 1. The van der Waals surface area contributed by atoms with Crippen molar-refractivity contribution >= 4 is 18.4 Å². The lowest BCUT2D eigenvalue weighted by molar-refractivity contribution is 0.749. The van der Waals surface area contributed by atoms with Gasteiger partial charge in [-0.05, 0) is 26.3 Å². The molecule has 1 saturated heterocycles. The maximum Gasteiger partial charge on any atom is 0.225 e. The first kappa shape index (κ1) is 12.2. The average molecular weight is 229 g/mol. The second-order valence-electron chi connectivity index (χ2n) is 3.95. The minimum absolute atomic E-state index is 0. The van der Waals surface area contributed by atoms with Crippen molar-refractivity contribution in [2.45, 2.75) is 26.3 Å². The standard InChI is InChI=1S/C10H16N4.ClH/c1-7-5-8(2)13-10(12-7)14-4-3-9(11)6-14;/h5,9H,3-4,6,11H2,1-2H3;1H. The fourth-order valence-electron chi connectivity index (χ4n) is 1.82. The summed E-state index contributed by atoms with van der Waals surface area (Å²) in [7, 11) is 0. The largest absolute Gasteiger partial charge is 0.339 e. The Kier molecular flexibility index (Phi) is 3.88. The molecule has 0 aromatic carbocycles. The van der Waals surface area contributed by atoms with E-state index in [9.17, 15) is 0 Å². The molecule has 2 N–H and O–H groups in total. The fourth-order valence-corrected chi connectivity index (χ4v) is 1.82. The zero-order valence-electron chi connectivity index (χ0n) is 9.10. The zero-order valence-corrected chi connectivity index (χ0v) is 9.92. The van der Waals surface area contributed by atoms with Crippen molar-refractivity contribution in [3.05, 3.63) is 17.5 Å². The van der Waals surface area contributed by atoms with Crippen molar-refractivity contribution in [3.63, 3.8) is 0 Å². The van der Waals surface area contributed by atoms with Crippen molar-refractivity contribution in [1.82, 2.24) is 9.97 Å². The van der Waals surface area contributed by atoms with Gasteiger partial charge < -0.3 is 10.6 Å². The van der Waals surface area contributed by atoms with Gasteiger partial charge in [0, 0.05) is 30.5 Å². The summed E-state index contributed by atoms with van der Waals surface area (Å²) in [5.41, 5.74) is 7.88. The van der Waals surface area contributed by atoms with Gasteiger partial charge in [0.05, 0.1) is 0 Å². The van der Waals surface area contributed by atoms with E-state index in [1.807, 2.05) is 19.9 Å². The summed E-state index contributed by atoms with van der Waals surface area (Å²) in [6.07, 6.45) is 1.04. The highest BCUT2D eigenvalue weighted by Gasteiger charge is 2.21. The van der Waals surface area contributed by atoms with Crippen molar-refractivity contribution in [3.8, 4) is 0 Å². The van der Waals surface area contributed by atoms with E-state index in [0.29, 0.717) is 0 Å². The van der Waals surface area contributed by atoms with Crippen LogP contribution >= 0.6 is 12.4 Å². The molecule has 1 aliphatic rings. The van der Waals surface area contributed by atoms with Crippen LogP contribution in [-0.2, 0) is 0 Å². The highest BCUT2D eigenvalue weighted by Crippen LogP contribution is 2.15. The predicted molar refractivity (Wildman–Crippen MR) is 63.6 cm³/mol. The Balaban J connectivity index is 0.00000112. The van der Waals surface area contributed by atoms with E-state index in [4.69, 9.17) is 5.73 Å². The van der Waals surface area contributed by atoms with E-state index in [0.717, 1.165) is 36.8 Å². The Morgan fingerprint density at radius 3 is 2.40 bits per heavy atom. The van der Waals surface area contributed by atoms with Gasteiger partial charge in [0.1, 0.15) is 0 Å². The average Bonchev–Trinajstić information content (AvgIpc) is 2.50. The maximum absolute atomic E-state index is 5.84. The first-order chi connectivity index (χ1) is 6.65. The molecule has 0 saturated carbocycles. The van der Waals surface area contributed by atoms with E-state index in [2.05, 4.69) is 14.9 Å². The molecule has 0 radical (unpaired) electrons. The molecule has 1 aromatic rings. The number of nitrogens with two attached hydrogens (primary N) is 1. The van der Waals surface area contributed by atoms with Gasteiger partial charge in [0.15, 0.2) is 0 Å². The smallest absolute Gasteiger partial charge is 0.225 e. The Morgan fingerprint density at radius 2 is 1.93 bits per heavy atom. The van der Waals surface area contributed by atoms with Crippen LogP contribution in [0, 0.1) is 13.8 Å². The number of nitrogens with zero attached hydrogens (tertiary/aromatic N) is 3. The van der Waals surface area contributed by atoms with Crippen LogP contribution < -0.4 is 10.6 Å². The SMILES string of the molecule is Cc1cc(C)nc(N2CCC(N)C2)n1.Cl. The van der Waals surface area contributed by atoms with Crippen LogP contribution in [0.5, 0.6) is 0 Å². The molecule has 0 aliphatic carbocycles. The Morgan fingerprint density at radius 1 is 1.33 bits per heavy atom. The third-order valence-corrected chi connectivity index (χ3v) is 2.48. The summed E-state index contributed by atoms with van der Waals surface area (Å²) in [4.78, 5) is 11.0. The molecule has 1 unspecified atom stereocenters. The number of hydrogen-bond donors (Lipinski definition) is 1. The van der Waals surface area contributed by atoms with Gasteiger partial charge in [-0.2, -0.15) is 0 Å². The van der Waals surface area contributed by atoms with Gasteiger partial charge in [-0.15, -0.1) is 12.4 Å². The van der Waals surface area contributed by atoms with E-state index in [-0.39, 0.29) is 18.4 Å². The normalized spacial score (nSPS) is 20.2. The summed E-state index contributed by atoms with van der Waals surface area (Å²) in [5, 5.41) is 0. The number of hydrogen-bond acceptors (Lipinski definition) is 4. The first-order valence-corrected chi connectivity index (χ1v) is 4.98. The molecule has 2 rings (SSSR count). The fraction of sp³-hybridized carbons (Fsp3) is 0.600. The summed E-state index contributed by atoms with van der Waals surface area (Å²) in [6.45, 7) is 5.84. The third kappa shape index (κ3) is 2.79. The van der Waals surface area contributed by atoms with Gasteiger partial charge in [0.2, 0.25) is 5.95 Å². The number of anilines is 1. The van der Waals surface area contributed by atoms with Crippen LogP contribution in [-0.4, -0.2) is 29.1 Å². The molecular formula is C10H17ClN4. The molecule has 5 heteroatoms. The Hall–Kier alpha value is -0.870. The molecule has 0 spiro atoms. The minimum Gasteiger partial charge on any atom is -0.339 e. The minimum atomic E-state index is 0. The molecular weight excluding hydrogens is 212 g/mol. The molecule has 2 heterocycles. The van der Waals surface area contributed by atoms with Crippen LogP contribution in [0.1, 0.15) is 17.8 Å². The molecule has 84 valence electrons. The van der Waals surface area contributed by atoms with E-state index < -0.39 is 0 Å². The molecule has 0 bridgehead atoms. The van der Waals surface area contributed by atoms with Crippen molar-refractivity contribution in [1.29, 1.82) is 0 Å². The van der Waals surface area contributed by atoms with Gasteiger partial charge >= 0.3 is 0 Å². The molecule has 15 heavy (non-hydrogen) atoms. The highest BCUT2D eigenvalue weighted by molar-refractivity contribution is 5.85. The molecule has 1 fully saturated rings. The lowest BCUT2D eigenvalue weighted by Gasteiger charge is -2.16. The molecule has 1 atom stereocenters. The third-order valence-electron chi connectivity index (χ3n) is 2.48. The topological polar surface area (TPSA) is 55.0 Å². The number of aryl methyl sites for hydroxylation is 2. The maximum atomic E-state index is 5.84. The summed E-state index contributed by atoms with van der Waals surface area (Å²) >= 11 is 0. The number of halogens is 1. The summed E-state index contributed by atoms with van der Waals surface area (Å²) in [5.74, 6) is 0.829. The summed E-state index contributed by atoms with van der Waals surface area (Å²) in [6, 6.07) is 2.26. The van der Waals surface area contributed by atoms with Crippen LogP contribution in [0.25, 0.3) is 0 Å². The van der Waals surface area contributed by atoms with Gasteiger partial charge in [-0.1, -0.05) is 0 Å². The van der Waals surface area contributed by atoms with E-state index in [1.165, 1.54) is 0 Å². The van der Waals surface area contributed by atoms with E-state index in [1.54, 1.807) is 0 Å². The Labute approximate surface area is 96.3 Å². The van der Waals surface area contributed by atoms with Crippen LogP contribution in [0.2, 0.25) is 0 Å². The second-order valence-corrected chi connectivity index (χ2v) is 3.95. The van der Waals surface area contributed by atoms with Crippen molar-refractivity contribution < 1.29 is 0 Å². The molecule has 1 aliphatic heterocycles. The van der Waals surface area contributed by atoms with Crippen LogP contribution in [0.15, 0.2) is 6.07 Å². The first-order valence-electron chi connectivity index (χ1n) is 4.98. The molecule has 1 aromatic heterocycles. The molecule has 0 amide bonds. The monoisotopic (exact) mass is 228 g/mol. The zero-order chi connectivity index (χ0) is 10.1. The Bertz CT molecular complexity index is 322.